The second-order valence-corrected chi connectivity index (χ2v) is 11.9. The number of nitrogens with zero attached hydrogens (tertiary/aromatic N) is 4. The van der Waals surface area contributed by atoms with Crippen LogP contribution < -0.4 is 14.8 Å². The van der Waals surface area contributed by atoms with Crippen LogP contribution in [0.15, 0.2) is 29.4 Å². The Hall–Kier alpha value is -3.03. The minimum Gasteiger partial charge on any atom is -0.493 e. The van der Waals surface area contributed by atoms with Gasteiger partial charge in [-0.1, -0.05) is 44.7 Å². The van der Waals surface area contributed by atoms with Crippen LogP contribution in [0.5, 0.6) is 11.5 Å². The van der Waals surface area contributed by atoms with Gasteiger partial charge in [0, 0.05) is 11.9 Å². The molecule has 10 heteroatoms. The Kier molecular flexibility index (Phi) is 7.91. The van der Waals surface area contributed by atoms with E-state index in [0.717, 1.165) is 24.8 Å². The van der Waals surface area contributed by atoms with Crippen molar-refractivity contribution in [2.75, 3.05) is 18.2 Å². The van der Waals surface area contributed by atoms with Crippen LogP contribution in [0.2, 0.25) is 0 Å². The summed E-state index contributed by atoms with van der Waals surface area (Å²) in [5.41, 5.74) is 1.95. The maximum Gasteiger partial charge on any atom is 0.235 e. The average molecular weight is 526 g/mol. The van der Waals surface area contributed by atoms with Crippen LogP contribution in [0.3, 0.4) is 0 Å². The maximum absolute atomic E-state index is 12.8. The smallest absolute Gasteiger partial charge is 0.235 e. The molecule has 2 heterocycles. The fraction of sp³-hybridized carbons (Fsp3) is 0.462. The van der Waals surface area contributed by atoms with Crippen molar-refractivity contribution >= 4 is 34.0 Å². The molecule has 4 rings (SSSR count). The van der Waals surface area contributed by atoms with Crippen molar-refractivity contribution in [2.24, 2.45) is 18.4 Å². The van der Waals surface area contributed by atoms with Crippen LogP contribution in [-0.2, 0) is 31.3 Å². The van der Waals surface area contributed by atoms with Gasteiger partial charge in [0.15, 0.2) is 22.5 Å². The van der Waals surface area contributed by atoms with Crippen LogP contribution in [0.1, 0.15) is 49.0 Å². The normalized spacial score (nSPS) is 15.2. The van der Waals surface area contributed by atoms with Crippen molar-refractivity contribution in [1.82, 2.24) is 14.8 Å². The molecule has 36 heavy (non-hydrogen) atoms. The van der Waals surface area contributed by atoms with Gasteiger partial charge in [0.25, 0.3) is 0 Å². The molecule has 0 saturated carbocycles. The van der Waals surface area contributed by atoms with Gasteiger partial charge in [-0.25, -0.2) is 0 Å². The zero-order chi connectivity index (χ0) is 25.9. The molecule has 1 aromatic carbocycles. The molecule has 1 amide bonds. The number of carbonyl (C=O) groups excluding carboxylic acids is 1. The molecular weight excluding hydrogens is 494 g/mol. The lowest BCUT2D eigenvalue weighted by Gasteiger charge is -2.33. The van der Waals surface area contributed by atoms with Crippen molar-refractivity contribution in [2.45, 2.75) is 51.8 Å². The monoisotopic (exact) mass is 525 g/mol. The standard InChI is InChI=1S/C26H31N5O3S2/c1-26(2,3)16-10-11-17-18(13-27)24(36-21(17)12-16)28-23(32)15-35-25-30-29-22(31(25)4)14-34-20-9-7-6-8-19(20)33-5/h6-9,16H,10-12,14-15H2,1-5H3,(H,28,32)/t16-/m0/s1. The topological polar surface area (TPSA) is 102 Å². The lowest BCUT2D eigenvalue weighted by molar-refractivity contribution is -0.113. The number of methoxy groups -OCH3 is 1. The highest BCUT2D eigenvalue weighted by atomic mass is 32.2. The maximum atomic E-state index is 12.8. The fourth-order valence-electron chi connectivity index (χ4n) is 4.30. The second-order valence-electron chi connectivity index (χ2n) is 9.86. The van der Waals surface area contributed by atoms with E-state index in [9.17, 15) is 10.1 Å². The van der Waals surface area contributed by atoms with Crippen molar-refractivity contribution in [3.63, 3.8) is 0 Å². The van der Waals surface area contributed by atoms with Gasteiger partial charge < -0.3 is 19.4 Å². The van der Waals surface area contributed by atoms with Crippen LogP contribution in [0.25, 0.3) is 0 Å². The predicted molar refractivity (Wildman–Crippen MR) is 142 cm³/mol. The number of fused-ring (bicyclic) bond motifs is 1. The highest BCUT2D eigenvalue weighted by Gasteiger charge is 2.32. The molecule has 0 unspecified atom stereocenters. The number of para-hydroxylation sites is 2. The molecule has 0 spiro atoms. The van der Waals surface area contributed by atoms with E-state index in [1.807, 2.05) is 35.9 Å². The van der Waals surface area contributed by atoms with Gasteiger partial charge >= 0.3 is 0 Å². The highest BCUT2D eigenvalue weighted by Crippen LogP contribution is 2.44. The number of aromatic nitrogens is 3. The largest absolute Gasteiger partial charge is 0.493 e. The first kappa shape index (κ1) is 26.0. The van der Waals surface area contributed by atoms with Gasteiger partial charge in [0.1, 0.15) is 17.7 Å². The molecule has 1 atom stereocenters. The van der Waals surface area contributed by atoms with E-state index in [1.54, 1.807) is 18.4 Å². The molecule has 0 saturated heterocycles. The number of hydrogen-bond acceptors (Lipinski definition) is 8. The number of anilines is 1. The van der Waals surface area contributed by atoms with E-state index < -0.39 is 0 Å². The van der Waals surface area contributed by atoms with Gasteiger partial charge in [-0.3, -0.25) is 4.79 Å². The summed E-state index contributed by atoms with van der Waals surface area (Å²) in [4.78, 5) is 14.0. The zero-order valence-electron chi connectivity index (χ0n) is 21.3. The molecule has 1 aliphatic rings. The van der Waals surface area contributed by atoms with Gasteiger partial charge in [-0.05, 0) is 48.3 Å². The zero-order valence-corrected chi connectivity index (χ0v) is 22.9. The van der Waals surface area contributed by atoms with E-state index in [-0.39, 0.29) is 23.7 Å². The Morgan fingerprint density at radius 1 is 1.31 bits per heavy atom. The van der Waals surface area contributed by atoms with E-state index in [0.29, 0.717) is 39.0 Å². The molecule has 190 valence electrons. The first-order chi connectivity index (χ1) is 17.2. The van der Waals surface area contributed by atoms with Crippen LogP contribution in [0.4, 0.5) is 5.00 Å². The van der Waals surface area contributed by atoms with Crippen molar-refractivity contribution in [3.8, 4) is 17.6 Å². The third-order valence-corrected chi connectivity index (χ3v) is 8.73. The Morgan fingerprint density at radius 3 is 2.75 bits per heavy atom. The lowest BCUT2D eigenvalue weighted by Crippen LogP contribution is -2.26. The Balaban J connectivity index is 1.36. The number of thioether (sulfide) groups is 1. The Labute approximate surface area is 220 Å². The molecule has 2 aromatic heterocycles. The Morgan fingerprint density at radius 2 is 2.06 bits per heavy atom. The van der Waals surface area contributed by atoms with Crippen molar-refractivity contribution < 1.29 is 14.3 Å². The summed E-state index contributed by atoms with van der Waals surface area (Å²) in [7, 11) is 3.44. The number of rotatable bonds is 8. The summed E-state index contributed by atoms with van der Waals surface area (Å²) in [6, 6.07) is 9.73. The van der Waals surface area contributed by atoms with Gasteiger partial charge in [-0.2, -0.15) is 5.26 Å². The average Bonchev–Trinajstić information content (AvgIpc) is 3.39. The third-order valence-electron chi connectivity index (χ3n) is 6.54. The van der Waals surface area contributed by atoms with Gasteiger partial charge in [0.2, 0.25) is 5.91 Å². The quantitative estimate of drug-likeness (QED) is 0.402. The van der Waals surface area contributed by atoms with Crippen LogP contribution in [-0.4, -0.2) is 33.5 Å². The summed E-state index contributed by atoms with van der Waals surface area (Å²) in [5.74, 6) is 2.47. The minimum atomic E-state index is -0.169. The van der Waals surface area contributed by atoms with Crippen LogP contribution >= 0.6 is 23.1 Å². The number of hydrogen-bond donors (Lipinski definition) is 1. The Bertz CT molecular complexity index is 1290. The van der Waals surface area contributed by atoms with Crippen molar-refractivity contribution in [3.05, 3.63) is 46.1 Å². The summed E-state index contributed by atoms with van der Waals surface area (Å²) in [6.07, 6.45) is 2.92. The predicted octanol–water partition coefficient (Wildman–Crippen LogP) is 5.22. The summed E-state index contributed by atoms with van der Waals surface area (Å²) < 4.78 is 13.0. The fourth-order valence-corrected chi connectivity index (χ4v) is 6.33. The molecule has 8 nitrogen and oxygen atoms in total. The molecule has 0 radical (unpaired) electrons. The van der Waals surface area contributed by atoms with Crippen molar-refractivity contribution in [1.29, 1.82) is 5.26 Å². The second kappa shape index (κ2) is 10.9. The number of carbonyl (C=O) groups is 1. The molecule has 3 aromatic rings. The van der Waals surface area contributed by atoms with E-state index in [2.05, 4.69) is 42.4 Å². The lowest BCUT2D eigenvalue weighted by atomic mass is 9.72. The van der Waals surface area contributed by atoms with Crippen LogP contribution in [0, 0.1) is 22.7 Å². The first-order valence-corrected chi connectivity index (χ1v) is 13.6. The van der Waals surface area contributed by atoms with E-state index in [4.69, 9.17) is 9.47 Å². The van der Waals surface area contributed by atoms with Gasteiger partial charge in [-0.15, -0.1) is 21.5 Å². The molecule has 0 aliphatic heterocycles. The van der Waals surface area contributed by atoms with E-state index >= 15 is 0 Å². The number of nitrogens with one attached hydrogen (secondary N) is 1. The molecule has 1 N–H and O–H groups in total. The number of benzene rings is 1. The minimum absolute atomic E-state index is 0.164. The summed E-state index contributed by atoms with van der Waals surface area (Å²) in [5, 5.41) is 22.4. The molecular formula is C26H31N5O3S2. The SMILES string of the molecule is COc1ccccc1OCc1nnc(SCC(=O)Nc2sc3c(c2C#N)CC[C@H](C(C)(C)C)C3)n1C. The molecule has 0 bridgehead atoms. The third kappa shape index (κ3) is 5.68. The highest BCUT2D eigenvalue weighted by molar-refractivity contribution is 7.99. The molecule has 0 fully saturated rings. The number of thiophene rings is 1. The number of nitriles is 1. The van der Waals surface area contributed by atoms with Gasteiger partial charge in [0.05, 0.1) is 18.4 Å². The first-order valence-electron chi connectivity index (χ1n) is 11.8. The summed E-state index contributed by atoms with van der Waals surface area (Å²) in [6.45, 7) is 7.02. The van der Waals surface area contributed by atoms with E-state index in [1.165, 1.54) is 16.6 Å². The number of ether oxygens (including phenoxy) is 2. The molecule has 1 aliphatic carbocycles. The number of amides is 1. The summed E-state index contributed by atoms with van der Waals surface area (Å²) >= 11 is 2.84.